The van der Waals surface area contributed by atoms with Crippen LogP contribution in [0.4, 0.5) is 11.6 Å². The second kappa shape index (κ2) is 5.53. The van der Waals surface area contributed by atoms with E-state index in [2.05, 4.69) is 25.3 Å². The summed E-state index contributed by atoms with van der Waals surface area (Å²) in [5.74, 6) is 0.575. The highest BCUT2D eigenvalue weighted by molar-refractivity contribution is 5.94. The number of H-pyrrole nitrogens is 1. The third kappa shape index (κ3) is 2.53. The van der Waals surface area contributed by atoms with E-state index in [4.69, 9.17) is 0 Å². The molecule has 3 aromatic heterocycles. The Kier molecular flexibility index (Phi) is 3.24. The molecule has 0 bridgehead atoms. The van der Waals surface area contributed by atoms with Crippen LogP contribution in [-0.2, 0) is 0 Å². The first-order chi connectivity index (χ1) is 11.3. The number of nitrogens with zero attached hydrogens (tertiary/aromatic N) is 3. The molecule has 0 saturated carbocycles. The number of rotatable bonds is 3. The molecule has 0 aliphatic heterocycles. The van der Waals surface area contributed by atoms with Crippen molar-refractivity contribution in [2.45, 2.75) is 6.92 Å². The molecule has 1 aromatic carbocycles. The number of benzene rings is 1. The molecular formula is C18H15N5. The predicted octanol–water partition coefficient (Wildman–Crippen LogP) is 4.07. The van der Waals surface area contributed by atoms with E-state index in [1.165, 1.54) is 0 Å². The molecule has 4 aromatic rings. The lowest BCUT2D eigenvalue weighted by Crippen LogP contribution is -1.97. The second-order valence-electron chi connectivity index (χ2n) is 5.28. The molecule has 0 radical (unpaired) electrons. The molecule has 0 amide bonds. The van der Waals surface area contributed by atoms with Crippen molar-refractivity contribution in [3.05, 3.63) is 66.6 Å². The second-order valence-corrected chi connectivity index (χ2v) is 5.28. The van der Waals surface area contributed by atoms with Gasteiger partial charge in [0.05, 0.1) is 5.69 Å². The number of aryl methyl sites for hydroxylation is 1. The smallest absolute Gasteiger partial charge is 0.227 e. The van der Waals surface area contributed by atoms with Gasteiger partial charge in [0.1, 0.15) is 5.65 Å². The number of aromatic amines is 1. The Balaban J connectivity index is 1.77. The standard InChI is InChI=1S/C18H15N5/c1-12-16(14-8-5-10-19-17(14)21-12)15-9-11-20-18(23-15)22-13-6-3-2-4-7-13/h2-11H,1H3,(H,19,21)(H,20,22,23). The van der Waals surface area contributed by atoms with Crippen molar-refractivity contribution < 1.29 is 0 Å². The number of nitrogens with one attached hydrogen (secondary N) is 2. The fourth-order valence-corrected chi connectivity index (χ4v) is 2.69. The number of aromatic nitrogens is 4. The van der Waals surface area contributed by atoms with Crippen molar-refractivity contribution in [3.8, 4) is 11.3 Å². The number of fused-ring (bicyclic) bond motifs is 1. The maximum absolute atomic E-state index is 4.65. The Bertz CT molecular complexity index is 959. The summed E-state index contributed by atoms with van der Waals surface area (Å²) >= 11 is 0. The third-order valence-corrected chi connectivity index (χ3v) is 3.70. The van der Waals surface area contributed by atoms with Crippen LogP contribution in [0.1, 0.15) is 5.69 Å². The van der Waals surface area contributed by atoms with Gasteiger partial charge in [0.25, 0.3) is 0 Å². The van der Waals surface area contributed by atoms with Gasteiger partial charge in [-0.05, 0) is 37.3 Å². The summed E-state index contributed by atoms with van der Waals surface area (Å²) < 4.78 is 0. The van der Waals surface area contributed by atoms with Crippen molar-refractivity contribution in [3.63, 3.8) is 0 Å². The summed E-state index contributed by atoms with van der Waals surface area (Å²) in [7, 11) is 0. The fraction of sp³-hybridized carbons (Fsp3) is 0.0556. The van der Waals surface area contributed by atoms with E-state index in [0.717, 1.165) is 33.7 Å². The van der Waals surface area contributed by atoms with Gasteiger partial charge in [0.15, 0.2) is 0 Å². The summed E-state index contributed by atoms with van der Waals surface area (Å²) in [6, 6.07) is 15.8. The van der Waals surface area contributed by atoms with Gasteiger partial charge < -0.3 is 10.3 Å². The van der Waals surface area contributed by atoms with E-state index in [1.807, 2.05) is 55.5 Å². The summed E-state index contributed by atoms with van der Waals surface area (Å²) in [6.45, 7) is 2.03. The van der Waals surface area contributed by atoms with Crippen LogP contribution in [0.25, 0.3) is 22.3 Å². The zero-order valence-corrected chi connectivity index (χ0v) is 12.6. The van der Waals surface area contributed by atoms with Gasteiger partial charge in [-0.3, -0.25) is 0 Å². The van der Waals surface area contributed by atoms with E-state index >= 15 is 0 Å². The number of anilines is 2. The van der Waals surface area contributed by atoms with E-state index in [9.17, 15) is 0 Å². The van der Waals surface area contributed by atoms with Crippen LogP contribution in [0.15, 0.2) is 60.9 Å². The van der Waals surface area contributed by atoms with Crippen LogP contribution in [0, 0.1) is 6.92 Å². The lowest BCUT2D eigenvalue weighted by atomic mass is 10.1. The molecule has 3 heterocycles. The molecule has 0 aliphatic carbocycles. The Morgan fingerprint density at radius 1 is 0.913 bits per heavy atom. The Hall–Kier alpha value is -3.21. The van der Waals surface area contributed by atoms with Gasteiger partial charge >= 0.3 is 0 Å². The van der Waals surface area contributed by atoms with Crippen LogP contribution in [0.3, 0.4) is 0 Å². The van der Waals surface area contributed by atoms with E-state index < -0.39 is 0 Å². The Labute approximate surface area is 133 Å². The fourth-order valence-electron chi connectivity index (χ4n) is 2.69. The molecule has 4 rings (SSSR count). The van der Waals surface area contributed by atoms with Crippen molar-refractivity contribution in [1.29, 1.82) is 0 Å². The van der Waals surface area contributed by atoms with Gasteiger partial charge in [0, 0.05) is 34.7 Å². The molecule has 0 atom stereocenters. The van der Waals surface area contributed by atoms with Crippen molar-refractivity contribution in [2.75, 3.05) is 5.32 Å². The molecular weight excluding hydrogens is 286 g/mol. The van der Waals surface area contributed by atoms with Gasteiger partial charge in [0.2, 0.25) is 5.95 Å². The van der Waals surface area contributed by atoms with E-state index in [1.54, 1.807) is 12.4 Å². The average molecular weight is 301 g/mol. The van der Waals surface area contributed by atoms with Crippen LogP contribution < -0.4 is 5.32 Å². The summed E-state index contributed by atoms with van der Waals surface area (Å²) in [6.07, 6.45) is 3.55. The predicted molar refractivity (Wildman–Crippen MR) is 91.6 cm³/mol. The highest BCUT2D eigenvalue weighted by Gasteiger charge is 2.13. The van der Waals surface area contributed by atoms with Crippen LogP contribution in [-0.4, -0.2) is 19.9 Å². The molecule has 0 unspecified atom stereocenters. The Morgan fingerprint density at radius 2 is 1.78 bits per heavy atom. The maximum atomic E-state index is 4.65. The van der Waals surface area contributed by atoms with E-state index in [-0.39, 0.29) is 0 Å². The number of hydrogen-bond donors (Lipinski definition) is 2. The van der Waals surface area contributed by atoms with Crippen molar-refractivity contribution in [2.24, 2.45) is 0 Å². The van der Waals surface area contributed by atoms with Gasteiger partial charge in [-0.2, -0.15) is 0 Å². The minimum atomic E-state index is 0.575. The third-order valence-electron chi connectivity index (χ3n) is 3.70. The molecule has 2 N–H and O–H groups in total. The molecule has 0 spiro atoms. The van der Waals surface area contributed by atoms with Gasteiger partial charge in [-0.15, -0.1) is 0 Å². The average Bonchev–Trinajstić information content (AvgIpc) is 2.92. The normalized spacial score (nSPS) is 10.8. The Morgan fingerprint density at radius 3 is 2.65 bits per heavy atom. The lowest BCUT2D eigenvalue weighted by molar-refractivity contribution is 1.16. The molecule has 5 heteroatoms. The molecule has 112 valence electrons. The van der Waals surface area contributed by atoms with Gasteiger partial charge in [-0.1, -0.05) is 18.2 Å². The number of pyridine rings is 1. The molecule has 0 aliphatic rings. The highest BCUT2D eigenvalue weighted by atomic mass is 15.1. The summed E-state index contributed by atoms with van der Waals surface area (Å²) in [5.41, 5.74) is 4.81. The van der Waals surface area contributed by atoms with Crippen LogP contribution in [0.2, 0.25) is 0 Å². The lowest BCUT2D eigenvalue weighted by Gasteiger charge is -2.06. The summed E-state index contributed by atoms with van der Waals surface area (Å²) in [5, 5.41) is 4.29. The SMILES string of the molecule is Cc1[nH]c2ncccc2c1-c1ccnc(Nc2ccccc2)n1. The number of para-hydroxylation sites is 1. The topological polar surface area (TPSA) is 66.5 Å². The number of hydrogen-bond acceptors (Lipinski definition) is 4. The molecule has 23 heavy (non-hydrogen) atoms. The van der Waals surface area contributed by atoms with E-state index in [0.29, 0.717) is 5.95 Å². The monoisotopic (exact) mass is 301 g/mol. The first kappa shape index (κ1) is 13.5. The molecule has 0 saturated heterocycles. The quantitative estimate of drug-likeness (QED) is 0.598. The maximum Gasteiger partial charge on any atom is 0.227 e. The molecule has 5 nitrogen and oxygen atoms in total. The van der Waals surface area contributed by atoms with Crippen molar-refractivity contribution >= 4 is 22.7 Å². The zero-order valence-electron chi connectivity index (χ0n) is 12.6. The van der Waals surface area contributed by atoms with Crippen molar-refractivity contribution in [1.82, 2.24) is 19.9 Å². The first-order valence-corrected chi connectivity index (χ1v) is 7.40. The summed E-state index contributed by atoms with van der Waals surface area (Å²) in [4.78, 5) is 16.6. The van der Waals surface area contributed by atoms with Gasteiger partial charge in [-0.25, -0.2) is 15.0 Å². The highest BCUT2D eigenvalue weighted by Crippen LogP contribution is 2.30. The molecule has 0 fully saturated rings. The zero-order chi connectivity index (χ0) is 15.6. The van der Waals surface area contributed by atoms with Crippen LogP contribution in [0.5, 0.6) is 0 Å². The minimum absolute atomic E-state index is 0.575. The van der Waals surface area contributed by atoms with Crippen LogP contribution >= 0.6 is 0 Å². The first-order valence-electron chi connectivity index (χ1n) is 7.40. The largest absolute Gasteiger partial charge is 0.343 e. The minimum Gasteiger partial charge on any atom is -0.343 e.